The van der Waals surface area contributed by atoms with Crippen LogP contribution in [0.5, 0.6) is 5.06 Å². The van der Waals surface area contributed by atoms with Gasteiger partial charge in [-0.05, 0) is 69.1 Å². The molecule has 0 unspecified atom stereocenters. The first-order valence-corrected chi connectivity index (χ1v) is 14.5. The van der Waals surface area contributed by atoms with E-state index in [0.29, 0.717) is 45.8 Å². The molecule has 202 valence electrons. The minimum Gasteiger partial charge on any atom is -0.484 e. The highest BCUT2D eigenvalue weighted by Gasteiger charge is 2.24. The number of unbranched alkanes of at least 4 members (excludes halogenated alkanes) is 3. The van der Waals surface area contributed by atoms with E-state index >= 15 is 0 Å². The van der Waals surface area contributed by atoms with E-state index in [0.717, 1.165) is 44.0 Å². The lowest BCUT2D eigenvalue weighted by atomic mass is 10.0. The number of aryl methyl sites for hydroxylation is 1. The van der Waals surface area contributed by atoms with Crippen LogP contribution in [-0.2, 0) is 11.2 Å². The van der Waals surface area contributed by atoms with E-state index < -0.39 is 5.97 Å². The van der Waals surface area contributed by atoms with Crippen LogP contribution in [0.2, 0.25) is 0 Å². The Labute approximate surface area is 224 Å². The number of carbonyl (C=O) groups is 2. The van der Waals surface area contributed by atoms with Gasteiger partial charge in [0.05, 0.1) is 29.7 Å². The van der Waals surface area contributed by atoms with Gasteiger partial charge in [-0.25, -0.2) is 4.79 Å². The van der Waals surface area contributed by atoms with Gasteiger partial charge in [0.15, 0.2) is 5.06 Å². The molecule has 0 fully saturated rings. The molecule has 0 aliphatic rings. The van der Waals surface area contributed by atoms with Gasteiger partial charge in [-0.3, -0.25) is 4.79 Å². The number of carbonyl (C=O) groups excluding carboxylic acids is 2. The second kappa shape index (κ2) is 14.9. The van der Waals surface area contributed by atoms with E-state index in [4.69, 9.17) is 13.9 Å². The molecule has 7 heteroatoms. The molecular weight excluding hydrogens is 486 g/mol. The first-order chi connectivity index (χ1) is 18.0. The van der Waals surface area contributed by atoms with Gasteiger partial charge in [-0.1, -0.05) is 51.4 Å². The third-order valence-electron chi connectivity index (χ3n) is 6.49. The number of furan rings is 1. The number of benzene rings is 1. The van der Waals surface area contributed by atoms with Crippen molar-refractivity contribution in [1.29, 1.82) is 0 Å². The molecule has 0 aliphatic carbocycles. The summed E-state index contributed by atoms with van der Waals surface area (Å²) in [6.45, 7) is 10.5. The zero-order chi connectivity index (χ0) is 26.6. The zero-order valence-corrected chi connectivity index (χ0v) is 23.6. The fourth-order valence-electron chi connectivity index (χ4n) is 4.36. The molecule has 0 aliphatic heterocycles. The first kappa shape index (κ1) is 28.9. The molecular formula is C30H41NO5S. The van der Waals surface area contributed by atoms with Crippen molar-refractivity contribution < 1.29 is 23.5 Å². The Morgan fingerprint density at radius 1 is 0.919 bits per heavy atom. The fraction of sp³-hybridized carbons (Fsp3) is 0.533. The highest BCUT2D eigenvalue weighted by molar-refractivity contribution is 7.16. The Morgan fingerprint density at radius 3 is 2.30 bits per heavy atom. The third-order valence-corrected chi connectivity index (χ3v) is 7.49. The smallest absolute Gasteiger partial charge is 0.337 e. The van der Waals surface area contributed by atoms with Gasteiger partial charge in [0.2, 0.25) is 5.78 Å². The molecule has 1 aromatic carbocycles. The van der Waals surface area contributed by atoms with Crippen LogP contribution in [0.15, 0.2) is 34.7 Å². The molecule has 0 radical (unpaired) electrons. The minimum atomic E-state index is -0.439. The van der Waals surface area contributed by atoms with Gasteiger partial charge in [-0.2, -0.15) is 0 Å². The summed E-state index contributed by atoms with van der Waals surface area (Å²) in [6, 6.07) is 8.79. The quantitative estimate of drug-likeness (QED) is 0.103. The molecule has 0 amide bonds. The number of ketones is 1. The van der Waals surface area contributed by atoms with E-state index in [1.54, 1.807) is 18.2 Å². The minimum absolute atomic E-state index is 0.1000. The second-order valence-corrected chi connectivity index (χ2v) is 10.5. The number of hydrogen-bond donors (Lipinski definition) is 0. The van der Waals surface area contributed by atoms with Gasteiger partial charge in [-0.15, -0.1) is 0 Å². The Hall–Kier alpha value is -2.64. The van der Waals surface area contributed by atoms with Crippen LogP contribution in [0, 0.1) is 0 Å². The van der Waals surface area contributed by atoms with Crippen molar-refractivity contribution in [3.8, 4) is 5.06 Å². The van der Waals surface area contributed by atoms with Crippen LogP contribution in [0.25, 0.3) is 11.0 Å². The van der Waals surface area contributed by atoms with Crippen molar-refractivity contribution >= 4 is 34.1 Å². The van der Waals surface area contributed by atoms with Gasteiger partial charge in [0, 0.05) is 18.4 Å². The SMILES string of the molecule is CCCCc1oc2ccc(C(=O)OC)cc2c1C(=O)c1ccc(OCCCN(CCCC)CCCC)s1. The molecule has 0 bridgehead atoms. The van der Waals surface area contributed by atoms with Crippen molar-refractivity contribution in [2.75, 3.05) is 33.4 Å². The number of hydrogen-bond acceptors (Lipinski definition) is 7. The van der Waals surface area contributed by atoms with Crippen molar-refractivity contribution in [1.82, 2.24) is 4.90 Å². The molecule has 0 saturated carbocycles. The standard InChI is InChI=1S/C30H41NO5S/c1-5-8-12-25-28(23-21-22(30(33)34-4)13-14-24(23)36-25)29(32)26-15-16-27(37-26)35-20-11-19-31(17-9-6-2)18-10-7-3/h13-16,21H,5-12,17-20H2,1-4H3. The van der Waals surface area contributed by atoms with Crippen LogP contribution >= 0.6 is 11.3 Å². The molecule has 2 heterocycles. The predicted octanol–water partition coefficient (Wildman–Crippen LogP) is 7.53. The van der Waals surface area contributed by atoms with E-state index in [1.807, 2.05) is 12.1 Å². The number of esters is 1. The number of fused-ring (bicyclic) bond motifs is 1. The molecule has 3 rings (SSSR count). The highest BCUT2D eigenvalue weighted by atomic mass is 32.1. The molecule has 0 N–H and O–H groups in total. The lowest BCUT2D eigenvalue weighted by Gasteiger charge is -2.21. The molecule has 0 saturated heterocycles. The summed E-state index contributed by atoms with van der Waals surface area (Å²) in [7, 11) is 1.35. The lowest BCUT2D eigenvalue weighted by molar-refractivity contribution is 0.0600. The van der Waals surface area contributed by atoms with Crippen LogP contribution in [0.4, 0.5) is 0 Å². The van der Waals surface area contributed by atoms with Gasteiger partial charge in [0.1, 0.15) is 11.3 Å². The van der Waals surface area contributed by atoms with E-state index in [1.165, 1.54) is 44.1 Å². The Kier molecular flexibility index (Phi) is 11.7. The van der Waals surface area contributed by atoms with Gasteiger partial charge in [0.25, 0.3) is 0 Å². The number of rotatable bonds is 17. The number of ether oxygens (including phenoxy) is 2. The summed E-state index contributed by atoms with van der Waals surface area (Å²) in [5.41, 5.74) is 1.53. The summed E-state index contributed by atoms with van der Waals surface area (Å²) < 4.78 is 17.0. The summed E-state index contributed by atoms with van der Waals surface area (Å²) in [4.78, 5) is 28.9. The van der Waals surface area contributed by atoms with Crippen LogP contribution in [0.1, 0.15) is 97.1 Å². The fourth-order valence-corrected chi connectivity index (χ4v) is 5.18. The van der Waals surface area contributed by atoms with Gasteiger partial charge < -0.3 is 18.8 Å². The van der Waals surface area contributed by atoms with Gasteiger partial charge >= 0.3 is 5.97 Å². The largest absolute Gasteiger partial charge is 0.484 e. The average Bonchev–Trinajstić information content (AvgIpc) is 3.54. The summed E-state index contributed by atoms with van der Waals surface area (Å²) >= 11 is 1.36. The summed E-state index contributed by atoms with van der Waals surface area (Å²) in [5, 5.41) is 1.39. The number of nitrogens with zero attached hydrogens (tertiary/aromatic N) is 1. The molecule has 0 spiro atoms. The van der Waals surface area contributed by atoms with E-state index in [-0.39, 0.29) is 5.78 Å². The third kappa shape index (κ3) is 7.92. The lowest BCUT2D eigenvalue weighted by Crippen LogP contribution is -2.28. The molecule has 6 nitrogen and oxygen atoms in total. The predicted molar refractivity (Wildman–Crippen MR) is 150 cm³/mol. The van der Waals surface area contributed by atoms with E-state index in [9.17, 15) is 9.59 Å². The Balaban J connectivity index is 1.71. The molecule has 0 atom stereocenters. The Morgan fingerprint density at radius 2 is 1.62 bits per heavy atom. The Bertz CT molecular complexity index is 1140. The first-order valence-electron chi connectivity index (χ1n) is 13.7. The highest BCUT2D eigenvalue weighted by Crippen LogP contribution is 2.34. The van der Waals surface area contributed by atoms with Crippen molar-refractivity contribution in [3.05, 3.63) is 52.1 Å². The van der Waals surface area contributed by atoms with Crippen LogP contribution < -0.4 is 4.74 Å². The van der Waals surface area contributed by atoms with E-state index in [2.05, 4.69) is 25.7 Å². The van der Waals surface area contributed by atoms with Crippen LogP contribution in [0.3, 0.4) is 0 Å². The molecule has 37 heavy (non-hydrogen) atoms. The molecule has 3 aromatic rings. The number of thiophene rings is 1. The topological polar surface area (TPSA) is 69.0 Å². The van der Waals surface area contributed by atoms with Crippen molar-refractivity contribution in [2.45, 2.75) is 72.1 Å². The van der Waals surface area contributed by atoms with Crippen molar-refractivity contribution in [3.63, 3.8) is 0 Å². The maximum absolute atomic E-state index is 13.7. The summed E-state index contributed by atoms with van der Waals surface area (Å²) in [6.07, 6.45) is 8.40. The maximum Gasteiger partial charge on any atom is 0.337 e. The zero-order valence-electron chi connectivity index (χ0n) is 22.8. The van der Waals surface area contributed by atoms with Crippen molar-refractivity contribution in [2.24, 2.45) is 0 Å². The normalized spacial score (nSPS) is 11.4. The summed E-state index contributed by atoms with van der Waals surface area (Å²) in [5.74, 6) is 0.127. The maximum atomic E-state index is 13.7. The second-order valence-electron chi connectivity index (χ2n) is 9.40. The molecule has 2 aromatic heterocycles. The number of methoxy groups -OCH3 is 1. The van der Waals surface area contributed by atoms with Crippen LogP contribution in [-0.4, -0.2) is 50.0 Å². The monoisotopic (exact) mass is 527 g/mol. The average molecular weight is 528 g/mol.